The lowest BCUT2D eigenvalue weighted by Crippen LogP contribution is -2.36. The minimum Gasteiger partial charge on any atom is -0.467 e. The summed E-state index contributed by atoms with van der Waals surface area (Å²) < 4.78 is 18.2. The van der Waals surface area contributed by atoms with E-state index in [1.807, 2.05) is 24.3 Å². The number of amides is 1. The van der Waals surface area contributed by atoms with Crippen molar-refractivity contribution >= 4 is 35.8 Å². The maximum absolute atomic E-state index is 13.0. The number of carbonyl (C=O) groups excluding carboxylic acids is 1. The van der Waals surface area contributed by atoms with Crippen molar-refractivity contribution in [3.63, 3.8) is 0 Å². The van der Waals surface area contributed by atoms with E-state index in [1.54, 1.807) is 37.6 Å². The van der Waals surface area contributed by atoms with E-state index in [2.05, 4.69) is 20.9 Å². The highest BCUT2D eigenvalue weighted by molar-refractivity contribution is 14.0. The monoisotopic (exact) mass is 522 g/mol. The number of carbonyl (C=O) groups is 1. The number of rotatable bonds is 7. The van der Waals surface area contributed by atoms with Crippen LogP contribution in [0.2, 0.25) is 0 Å². The summed E-state index contributed by atoms with van der Waals surface area (Å²) in [5.74, 6) is 0.889. The van der Waals surface area contributed by atoms with Crippen LogP contribution in [0.5, 0.6) is 0 Å². The minimum atomic E-state index is -0.260. The van der Waals surface area contributed by atoms with Crippen molar-refractivity contribution in [2.75, 3.05) is 7.05 Å². The van der Waals surface area contributed by atoms with Gasteiger partial charge in [-0.2, -0.15) is 0 Å². The first-order valence-corrected chi connectivity index (χ1v) is 9.22. The molecule has 0 bridgehead atoms. The van der Waals surface area contributed by atoms with Gasteiger partial charge in [-0.3, -0.25) is 9.79 Å². The molecule has 0 radical (unpaired) electrons. The molecule has 8 heteroatoms. The highest BCUT2D eigenvalue weighted by Gasteiger charge is 2.07. The van der Waals surface area contributed by atoms with Gasteiger partial charge in [0.1, 0.15) is 11.6 Å². The van der Waals surface area contributed by atoms with Gasteiger partial charge >= 0.3 is 0 Å². The van der Waals surface area contributed by atoms with Crippen LogP contribution in [0.4, 0.5) is 4.39 Å². The van der Waals surface area contributed by atoms with Gasteiger partial charge in [-0.25, -0.2) is 4.39 Å². The Morgan fingerprint density at radius 2 is 1.67 bits per heavy atom. The molecule has 0 atom stereocenters. The summed E-state index contributed by atoms with van der Waals surface area (Å²) >= 11 is 0. The molecule has 158 valence electrons. The number of benzene rings is 2. The Kier molecular flexibility index (Phi) is 9.33. The SMILES string of the molecule is CN=C(NCc1ccc(F)cc1)NCc1cccc(C(=O)NCc2ccco2)c1.I. The quantitative estimate of drug-likeness (QED) is 0.251. The van der Waals surface area contributed by atoms with Gasteiger partial charge in [-0.1, -0.05) is 24.3 Å². The molecule has 0 saturated heterocycles. The molecule has 3 N–H and O–H groups in total. The number of guanidine groups is 1. The van der Waals surface area contributed by atoms with Crippen LogP contribution in [0.1, 0.15) is 27.2 Å². The third-order valence-electron chi connectivity index (χ3n) is 4.25. The van der Waals surface area contributed by atoms with Crippen LogP contribution in [0, 0.1) is 5.82 Å². The van der Waals surface area contributed by atoms with Gasteiger partial charge in [0, 0.05) is 25.7 Å². The van der Waals surface area contributed by atoms with E-state index in [0.717, 1.165) is 11.1 Å². The molecule has 6 nitrogen and oxygen atoms in total. The lowest BCUT2D eigenvalue weighted by atomic mass is 10.1. The normalized spacial score (nSPS) is 10.8. The maximum Gasteiger partial charge on any atom is 0.251 e. The fourth-order valence-electron chi connectivity index (χ4n) is 2.70. The number of hydrogen-bond donors (Lipinski definition) is 3. The van der Waals surface area contributed by atoms with Gasteiger partial charge in [-0.15, -0.1) is 24.0 Å². The standard InChI is InChI=1S/C22H23FN4O2.HI/c1-24-22(26-13-16-7-9-19(23)10-8-16)27-14-17-4-2-5-18(12-17)21(28)25-15-20-6-3-11-29-20;/h2-12H,13-15H2,1H3,(H,25,28)(H2,24,26,27);1H. The largest absolute Gasteiger partial charge is 0.467 e. The number of furan rings is 1. The van der Waals surface area contributed by atoms with Gasteiger partial charge in [0.15, 0.2) is 5.96 Å². The predicted octanol–water partition coefficient (Wildman–Crippen LogP) is 3.83. The molecule has 3 aromatic rings. The molecule has 3 rings (SSSR count). The van der Waals surface area contributed by atoms with Crippen LogP contribution < -0.4 is 16.0 Å². The Morgan fingerprint density at radius 1 is 0.933 bits per heavy atom. The second-order valence-electron chi connectivity index (χ2n) is 6.37. The Balaban J connectivity index is 0.00000320. The van der Waals surface area contributed by atoms with Crippen molar-refractivity contribution in [2.45, 2.75) is 19.6 Å². The van der Waals surface area contributed by atoms with Crippen LogP contribution in [-0.4, -0.2) is 18.9 Å². The molecule has 0 saturated carbocycles. The second kappa shape index (κ2) is 12.0. The van der Waals surface area contributed by atoms with Gasteiger partial charge in [-0.05, 0) is 47.5 Å². The Hall–Kier alpha value is -2.88. The van der Waals surface area contributed by atoms with E-state index in [1.165, 1.54) is 12.1 Å². The molecule has 0 aliphatic heterocycles. The third-order valence-corrected chi connectivity index (χ3v) is 4.25. The van der Waals surface area contributed by atoms with Crippen molar-refractivity contribution < 1.29 is 13.6 Å². The first-order valence-electron chi connectivity index (χ1n) is 9.22. The molecule has 2 aromatic carbocycles. The number of aliphatic imine (C=N–C) groups is 1. The summed E-state index contributed by atoms with van der Waals surface area (Å²) in [6.07, 6.45) is 1.57. The fourth-order valence-corrected chi connectivity index (χ4v) is 2.70. The summed E-state index contributed by atoms with van der Waals surface area (Å²) in [5.41, 5.74) is 2.47. The van der Waals surface area contributed by atoms with E-state index < -0.39 is 0 Å². The van der Waals surface area contributed by atoms with Gasteiger partial charge in [0.2, 0.25) is 0 Å². The predicted molar refractivity (Wildman–Crippen MR) is 125 cm³/mol. The van der Waals surface area contributed by atoms with Crippen LogP contribution in [0.25, 0.3) is 0 Å². The second-order valence-corrected chi connectivity index (χ2v) is 6.37. The van der Waals surface area contributed by atoms with Crippen molar-refractivity contribution in [3.8, 4) is 0 Å². The van der Waals surface area contributed by atoms with Crippen molar-refractivity contribution in [1.29, 1.82) is 0 Å². The number of halogens is 2. The molecular formula is C22H24FIN4O2. The van der Waals surface area contributed by atoms with Crippen molar-refractivity contribution in [2.24, 2.45) is 4.99 Å². The highest BCUT2D eigenvalue weighted by Crippen LogP contribution is 2.07. The third kappa shape index (κ3) is 7.18. The molecule has 0 unspecified atom stereocenters. The average molecular weight is 522 g/mol. The lowest BCUT2D eigenvalue weighted by molar-refractivity contribution is 0.0948. The summed E-state index contributed by atoms with van der Waals surface area (Å²) in [6, 6.07) is 17.3. The molecule has 1 amide bonds. The van der Waals surface area contributed by atoms with E-state index in [9.17, 15) is 9.18 Å². The zero-order valence-electron chi connectivity index (χ0n) is 16.5. The van der Waals surface area contributed by atoms with Gasteiger partial charge in [0.25, 0.3) is 5.91 Å². The van der Waals surface area contributed by atoms with Crippen LogP contribution in [0.3, 0.4) is 0 Å². The van der Waals surface area contributed by atoms with E-state index >= 15 is 0 Å². The summed E-state index contributed by atoms with van der Waals surface area (Å²) in [4.78, 5) is 16.5. The average Bonchev–Trinajstić information content (AvgIpc) is 3.27. The van der Waals surface area contributed by atoms with Crippen LogP contribution in [0.15, 0.2) is 76.3 Å². The van der Waals surface area contributed by atoms with Crippen molar-refractivity contribution in [1.82, 2.24) is 16.0 Å². The van der Waals surface area contributed by atoms with E-state index in [-0.39, 0.29) is 35.7 Å². The zero-order valence-corrected chi connectivity index (χ0v) is 18.9. The fraction of sp³-hybridized carbons (Fsp3) is 0.182. The first kappa shape index (κ1) is 23.4. The summed E-state index contributed by atoms with van der Waals surface area (Å²) in [7, 11) is 1.68. The van der Waals surface area contributed by atoms with E-state index in [0.29, 0.717) is 36.9 Å². The topological polar surface area (TPSA) is 78.7 Å². The molecule has 1 aromatic heterocycles. The van der Waals surface area contributed by atoms with Crippen LogP contribution >= 0.6 is 24.0 Å². The highest BCUT2D eigenvalue weighted by atomic mass is 127. The number of nitrogens with zero attached hydrogens (tertiary/aromatic N) is 1. The molecular weight excluding hydrogens is 498 g/mol. The summed E-state index contributed by atoms with van der Waals surface area (Å²) in [5, 5.41) is 9.21. The van der Waals surface area contributed by atoms with Crippen LogP contribution in [-0.2, 0) is 19.6 Å². The van der Waals surface area contributed by atoms with Gasteiger partial charge in [0.05, 0.1) is 12.8 Å². The molecule has 30 heavy (non-hydrogen) atoms. The minimum absolute atomic E-state index is 0. The Morgan fingerprint density at radius 3 is 2.33 bits per heavy atom. The maximum atomic E-state index is 13.0. The number of nitrogens with one attached hydrogen (secondary N) is 3. The molecule has 0 spiro atoms. The smallest absolute Gasteiger partial charge is 0.251 e. The van der Waals surface area contributed by atoms with Gasteiger partial charge < -0.3 is 20.4 Å². The van der Waals surface area contributed by atoms with E-state index in [4.69, 9.17) is 4.42 Å². The lowest BCUT2D eigenvalue weighted by Gasteiger charge is -2.12. The summed E-state index contributed by atoms with van der Waals surface area (Å²) in [6.45, 7) is 1.37. The number of hydrogen-bond acceptors (Lipinski definition) is 3. The molecule has 0 fully saturated rings. The Bertz CT molecular complexity index is 960. The zero-order chi connectivity index (χ0) is 20.5. The first-order chi connectivity index (χ1) is 14.1. The molecule has 0 aliphatic rings. The molecule has 0 aliphatic carbocycles. The van der Waals surface area contributed by atoms with Crippen molar-refractivity contribution in [3.05, 3.63) is 95.2 Å². The Labute approximate surface area is 192 Å². The molecule has 1 heterocycles.